The molecule has 1 amide bonds. The van der Waals surface area contributed by atoms with Gasteiger partial charge in [0.05, 0.1) is 30.0 Å². The Labute approximate surface area is 169 Å². The Bertz CT molecular complexity index is 1240. The van der Waals surface area contributed by atoms with Crippen molar-refractivity contribution in [3.05, 3.63) is 82.8 Å². The van der Waals surface area contributed by atoms with Gasteiger partial charge in [0.2, 0.25) is 0 Å². The lowest BCUT2D eigenvalue weighted by atomic mass is 10.2. The summed E-state index contributed by atoms with van der Waals surface area (Å²) in [6.07, 6.45) is 4.58. The number of nitrogens with one attached hydrogen (secondary N) is 1. The van der Waals surface area contributed by atoms with Crippen LogP contribution in [0.15, 0.2) is 67.1 Å². The predicted octanol–water partition coefficient (Wildman–Crippen LogP) is 3.69. The van der Waals surface area contributed by atoms with Crippen LogP contribution in [-0.4, -0.2) is 32.5 Å². The van der Waals surface area contributed by atoms with E-state index in [1.165, 1.54) is 28.9 Å². The first-order valence-corrected chi connectivity index (χ1v) is 8.74. The van der Waals surface area contributed by atoms with Gasteiger partial charge in [-0.05, 0) is 30.3 Å². The molecule has 4 aromatic rings. The van der Waals surface area contributed by atoms with Crippen LogP contribution in [-0.2, 0) is 0 Å². The number of hydrogen-bond acceptors (Lipinski definition) is 7. The minimum absolute atomic E-state index is 0.197. The first-order valence-electron chi connectivity index (χ1n) is 8.74. The molecule has 2 aromatic carbocycles. The Hall–Kier alpha value is -4.47. The maximum absolute atomic E-state index is 12.7. The first-order chi connectivity index (χ1) is 14.5. The zero-order valence-corrected chi connectivity index (χ0v) is 15.7. The van der Waals surface area contributed by atoms with E-state index in [-0.39, 0.29) is 22.7 Å². The molecule has 0 aliphatic carbocycles. The molecule has 0 unspecified atom stereocenters. The van der Waals surface area contributed by atoms with Crippen molar-refractivity contribution in [2.45, 2.75) is 0 Å². The fourth-order valence-corrected chi connectivity index (χ4v) is 2.79. The topological polar surface area (TPSA) is 121 Å². The fraction of sp³-hybridized carbons (Fsp3) is 0.0500. The van der Waals surface area contributed by atoms with Crippen molar-refractivity contribution in [2.24, 2.45) is 0 Å². The highest BCUT2D eigenvalue weighted by Gasteiger charge is 2.17. The number of methoxy groups -OCH3 is 1. The quantitative estimate of drug-likeness (QED) is 0.383. The zero-order chi connectivity index (χ0) is 21.1. The molecule has 2 heterocycles. The van der Waals surface area contributed by atoms with E-state index in [1.54, 1.807) is 49.8 Å². The summed E-state index contributed by atoms with van der Waals surface area (Å²) in [6, 6.07) is 12.4. The smallest absolute Gasteiger partial charge is 0.275 e. The molecule has 2 aromatic heterocycles. The number of nitro benzene ring substituents is 1. The number of ether oxygens (including phenoxy) is 2. The molecule has 0 saturated heterocycles. The largest absolute Gasteiger partial charge is 0.497 e. The van der Waals surface area contributed by atoms with Crippen LogP contribution in [0.1, 0.15) is 10.4 Å². The number of anilines is 1. The summed E-state index contributed by atoms with van der Waals surface area (Å²) in [5.74, 6) is 0.805. The highest BCUT2D eigenvalue weighted by Crippen LogP contribution is 2.30. The molecular formula is C20H15N5O5. The van der Waals surface area contributed by atoms with Gasteiger partial charge in [0.1, 0.15) is 22.8 Å². The summed E-state index contributed by atoms with van der Waals surface area (Å²) in [6.45, 7) is 0. The molecule has 10 heteroatoms. The molecular weight excluding hydrogens is 390 g/mol. The van der Waals surface area contributed by atoms with Gasteiger partial charge in [-0.2, -0.15) is 5.10 Å². The number of carbonyl (C=O) groups excluding carboxylic acids is 1. The summed E-state index contributed by atoms with van der Waals surface area (Å²) in [5, 5.41) is 18.0. The van der Waals surface area contributed by atoms with Crippen molar-refractivity contribution >= 4 is 22.9 Å². The second-order valence-corrected chi connectivity index (χ2v) is 6.15. The minimum Gasteiger partial charge on any atom is -0.497 e. The third kappa shape index (κ3) is 3.87. The second-order valence-electron chi connectivity index (χ2n) is 6.15. The average Bonchev–Trinajstić information content (AvgIpc) is 3.18. The molecule has 10 nitrogen and oxygen atoms in total. The average molecular weight is 405 g/mol. The summed E-state index contributed by atoms with van der Waals surface area (Å²) < 4.78 is 12.3. The number of non-ortho nitro benzene ring substituents is 1. The maximum atomic E-state index is 12.7. The number of hydrogen-bond donors (Lipinski definition) is 1. The Morgan fingerprint density at radius 2 is 1.90 bits per heavy atom. The van der Waals surface area contributed by atoms with Crippen LogP contribution in [0.25, 0.3) is 5.65 Å². The van der Waals surface area contributed by atoms with Crippen LogP contribution in [0, 0.1) is 10.1 Å². The van der Waals surface area contributed by atoms with Crippen LogP contribution >= 0.6 is 0 Å². The maximum Gasteiger partial charge on any atom is 0.275 e. The van der Waals surface area contributed by atoms with Crippen LogP contribution in [0.2, 0.25) is 0 Å². The first kappa shape index (κ1) is 18.9. The normalized spacial score (nSPS) is 10.6. The van der Waals surface area contributed by atoms with Crippen LogP contribution in [0.4, 0.5) is 11.4 Å². The lowest BCUT2D eigenvalue weighted by molar-refractivity contribution is -0.384. The van der Waals surface area contributed by atoms with E-state index in [4.69, 9.17) is 9.47 Å². The molecule has 0 radical (unpaired) electrons. The number of nitrogens with zero attached hydrogens (tertiary/aromatic N) is 4. The lowest BCUT2D eigenvalue weighted by Crippen LogP contribution is -2.12. The monoisotopic (exact) mass is 405 g/mol. The summed E-state index contributed by atoms with van der Waals surface area (Å²) >= 11 is 0. The van der Waals surface area contributed by atoms with Crippen molar-refractivity contribution in [3.8, 4) is 17.2 Å². The van der Waals surface area contributed by atoms with E-state index in [2.05, 4.69) is 15.4 Å². The minimum atomic E-state index is -0.562. The van der Waals surface area contributed by atoms with E-state index in [1.807, 2.05) is 0 Å². The SMILES string of the molecule is COc1ccc(Oc2cc(NC(=O)c3cnn4cccnc34)cc([N+](=O)[O-])c2)cc1. The van der Waals surface area contributed by atoms with Gasteiger partial charge in [0.15, 0.2) is 5.65 Å². The van der Waals surface area contributed by atoms with Crippen molar-refractivity contribution in [2.75, 3.05) is 12.4 Å². The van der Waals surface area contributed by atoms with Crippen LogP contribution in [0.3, 0.4) is 0 Å². The molecule has 150 valence electrons. The van der Waals surface area contributed by atoms with Crippen molar-refractivity contribution in [1.29, 1.82) is 0 Å². The third-order valence-corrected chi connectivity index (χ3v) is 4.18. The van der Waals surface area contributed by atoms with Gasteiger partial charge in [-0.25, -0.2) is 9.50 Å². The molecule has 0 atom stereocenters. The number of rotatable bonds is 6. The summed E-state index contributed by atoms with van der Waals surface area (Å²) in [7, 11) is 1.55. The number of aromatic nitrogens is 3. The van der Waals surface area contributed by atoms with E-state index in [0.717, 1.165) is 0 Å². The zero-order valence-electron chi connectivity index (χ0n) is 15.7. The number of carbonyl (C=O) groups is 1. The molecule has 30 heavy (non-hydrogen) atoms. The molecule has 1 N–H and O–H groups in total. The second kappa shape index (κ2) is 7.87. The van der Waals surface area contributed by atoms with Crippen LogP contribution < -0.4 is 14.8 Å². The number of fused-ring (bicyclic) bond motifs is 1. The van der Waals surface area contributed by atoms with Gasteiger partial charge in [-0.3, -0.25) is 14.9 Å². The standard InChI is InChI=1S/C20H15N5O5/c1-29-15-3-5-16(6-4-15)30-17-10-13(9-14(11-17)25(27)28)23-20(26)18-12-22-24-8-2-7-21-19(18)24/h2-12H,1H3,(H,23,26). The van der Waals surface area contributed by atoms with Crippen molar-refractivity contribution in [1.82, 2.24) is 14.6 Å². The lowest BCUT2D eigenvalue weighted by Gasteiger charge is -2.09. The van der Waals surface area contributed by atoms with Gasteiger partial charge < -0.3 is 14.8 Å². The molecule has 0 aliphatic heterocycles. The number of amides is 1. The van der Waals surface area contributed by atoms with Gasteiger partial charge >= 0.3 is 0 Å². The van der Waals surface area contributed by atoms with Gasteiger partial charge in [-0.15, -0.1) is 0 Å². The fourth-order valence-electron chi connectivity index (χ4n) is 2.79. The van der Waals surface area contributed by atoms with Crippen LogP contribution in [0.5, 0.6) is 17.2 Å². The van der Waals surface area contributed by atoms with E-state index in [9.17, 15) is 14.9 Å². The molecule has 4 rings (SSSR count). The Balaban J connectivity index is 1.62. The van der Waals surface area contributed by atoms with E-state index >= 15 is 0 Å². The van der Waals surface area contributed by atoms with Gasteiger partial charge in [0.25, 0.3) is 11.6 Å². The van der Waals surface area contributed by atoms with Gasteiger partial charge in [-0.1, -0.05) is 0 Å². The molecule has 0 saturated carbocycles. The molecule has 0 spiro atoms. The Morgan fingerprint density at radius 1 is 1.13 bits per heavy atom. The molecule has 0 bridgehead atoms. The van der Waals surface area contributed by atoms with Crippen molar-refractivity contribution < 1.29 is 19.2 Å². The highest BCUT2D eigenvalue weighted by molar-refractivity contribution is 6.08. The highest BCUT2D eigenvalue weighted by atomic mass is 16.6. The van der Waals surface area contributed by atoms with E-state index in [0.29, 0.717) is 17.1 Å². The Kier molecular flexibility index (Phi) is 4.95. The number of nitro groups is 1. The molecule has 0 fully saturated rings. The number of benzene rings is 2. The Morgan fingerprint density at radius 3 is 2.63 bits per heavy atom. The summed E-state index contributed by atoms with van der Waals surface area (Å²) in [5.41, 5.74) is 0.581. The predicted molar refractivity (Wildman–Crippen MR) is 107 cm³/mol. The van der Waals surface area contributed by atoms with E-state index < -0.39 is 10.8 Å². The van der Waals surface area contributed by atoms with Crippen molar-refractivity contribution in [3.63, 3.8) is 0 Å². The molecule has 0 aliphatic rings. The third-order valence-electron chi connectivity index (χ3n) is 4.18. The summed E-state index contributed by atoms with van der Waals surface area (Å²) in [4.78, 5) is 27.6. The van der Waals surface area contributed by atoms with Gasteiger partial charge in [0, 0.05) is 24.5 Å².